The van der Waals surface area contributed by atoms with Crippen molar-refractivity contribution in [2.75, 3.05) is 40.0 Å². The number of halogens is 1. The third kappa shape index (κ3) is 4.81. The maximum absolute atomic E-state index is 12.8. The highest BCUT2D eigenvalue weighted by Crippen LogP contribution is 2.37. The molecule has 1 saturated heterocycles. The van der Waals surface area contributed by atoms with E-state index >= 15 is 0 Å². The van der Waals surface area contributed by atoms with Gasteiger partial charge in [0, 0.05) is 49.6 Å². The van der Waals surface area contributed by atoms with Gasteiger partial charge in [-0.1, -0.05) is 11.6 Å². The van der Waals surface area contributed by atoms with Crippen molar-refractivity contribution < 1.29 is 14.3 Å². The molecule has 1 fully saturated rings. The molecule has 5 rings (SSSR count). The fourth-order valence-corrected chi connectivity index (χ4v) is 5.07. The van der Waals surface area contributed by atoms with Gasteiger partial charge in [-0.3, -0.25) is 9.69 Å². The number of nitrogens with one attached hydrogen (secondary N) is 1. The summed E-state index contributed by atoms with van der Waals surface area (Å²) in [4.78, 5) is 17.4. The molecule has 1 atom stereocenters. The van der Waals surface area contributed by atoms with Crippen LogP contribution in [0.2, 0.25) is 5.02 Å². The van der Waals surface area contributed by atoms with Gasteiger partial charge in [0.15, 0.2) is 17.3 Å². The van der Waals surface area contributed by atoms with Crippen molar-refractivity contribution in [2.45, 2.75) is 45.3 Å². The topological polar surface area (TPSA) is 84.8 Å². The second-order valence-corrected chi connectivity index (χ2v) is 9.66. The second kappa shape index (κ2) is 9.48. The largest absolute Gasteiger partial charge is 0.454 e. The van der Waals surface area contributed by atoms with E-state index in [0.717, 1.165) is 81.5 Å². The predicted molar refractivity (Wildman–Crippen MR) is 123 cm³/mol. The summed E-state index contributed by atoms with van der Waals surface area (Å²) in [5, 5.41) is 12.7. The monoisotopic (exact) mass is 474 g/mol. The van der Waals surface area contributed by atoms with Gasteiger partial charge in [-0.05, 0) is 51.5 Å². The Morgan fingerprint density at radius 1 is 1.15 bits per heavy atom. The summed E-state index contributed by atoms with van der Waals surface area (Å²) in [5.41, 5.74) is 1.03. The summed E-state index contributed by atoms with van der Waals surface area (Å²) in [5.74, 6) is 3.45. The zero-order chi connectivity index (χ0) is 22.9. The Hall–Kier alpha value is -2.36. The number of likely N-dealkylation sites (tertiary alicyclic amines) is 1. The SMILES string of the molecule is CC(NC(=O)C1CCN(C)CC1)c1nnc2n1CCN(Cc1cc3c(cc1Cl)OCO3)CC2. The molecule has 0 spiro atoms. The highest BCUT2D eigenvalue weighted by Gasteiger charge is 2.28. The normalized spacial score (nSPS) is 20.3. The lowest BCUT2D eigenvalue weighted by atomic mass is 9.96. The molecule has 10 heteroatoms. The molecule has 3 aliphatic heterocycles. The van der Waals surface area contributed by atoms with Gasteiger partial charge in [0.1, 0.15) is 5.82 Å². The van der Waals surface area contributed by atoms with Crippen LogP contribution in [0.25, 0.3) is 0 Å². The summed E-state index contributed by atoms with van der Waals surface area (Å²) in [7, 11) is 2.10. The molecule has 1 unspecified atom stereocenters. The summed E-state index contributed by atoms with van der Waals surface area (Å²) in [6, 6.07) is 3.63. The number of carbonyl (C=O) groups is 1. The third-order valence-electron chi connectivity index (χ3n) is 6.92. The first-order valence-electron chi connectivity index (χ1n) is 11.7. The number of amides is 1. The first-order valence-corrected chi connectivity index (χ1v) is 12.1. The van der Waals surface area contributed by atoms with Crippen molar-refractivity contribution >= 4 is 17.5 Å². The maximum atomic E-state index is 12.8. The molecule has 1 aromatic carbocycles. The molecule has 0 bridgehead atoms. The number of rotatable bonds is 5. The van der Waals surface area contributed by atoms with Crippen molar-refractivity contribution in [3.8, 4) is 11.5 Å². The van der Waals surface area contributed by atoms with E-state index in [1.807, 2.05) is 19.1 Å². The van der Waals surface area contributed by atoms with Gasteiger partial charge in [0.2, 0.25) is 12.7 Å². The summed E-state index contributed by atoms with van der Waals surface area (Å²) < 4.78 is 13.1. The molecule has 9 nitrogen and oxygen atoms in total. The van der Waals surface area contributed by atoms with Crippen molar-refractivity contribution in [3.63, 3.8) is 0 Å². The Bertz CT molecular complexity index is 1020. The lowest BCUT2D eigenvalue weighted by Crippen LogP contribution is -2.40. The lowest BCUT2D eigenvalue weighted by molar-refractivity contribution is -0.127. The van der Waals surface area contributed by atoms with E-state index in [-0.39, 0.29) is 24.7 Å². The van der Waals surface area contributed by atoms with E-state index in [0.29, 0.717) is 10.8 Å². The number of benzene rings is 1. The molecule has 0 radical (unpaired) electrons. The highest BCUT2D eigenvalue weighted by molar-refractivity contribution is 6.31. The van der Waals surface area contributed by atoms with Crippen molar-refractivity contribution in [1.82, 2.24) is 29.9 Å². The predicted octanol–water partition coefficient (Wildman–Crippen LogP) is 2.24. The van der Waals surface area contributed by atoms with Crippen LogP contribution in [0.5, 0.6) is 11.5 Å². The van der Waals surface area contributed by atoms with Crippen LogP contribution in [-0.2, 0) is 24.3 Å². The standard InChI is InChI=1S/C23H31ClN6O3/c1-15(25-23(31)16-3-6-28(2)7-4-16)22-27-26-21-5-8-29(9-10-30(21)22)13-17-11-19-20(12-18(17)24)33-14-32-19/h11-12,15-16H,3-10,13-14H2,1-2H3,(H,25,31). The van der Waals surface area contributed by atoms with Gasteiger partial charge in [0.05, 0.1) is 6.04 Å². The van der Waals surface area contributed by atoms with Crippen LogP contribution in [0, 0.1) is 5.92 Å². The van der Waals surface area contributed by atoms with E-state index in [1.54, 1.807) is 0 Å². The number of nitrogens with zero attached hydrogens (tertiary/aromatic N) is 5. The Balaban J connectivity index is 1.21. The van der Waals surface area contributed by atoms with Gasteiger partial charge in [-0.2, -0.15) is 0 Å². The summed E-state index contributed by atoms with van der Waals surface area (Å²) in [6.45, 7) is 7.38. The molecule has 33 heavy (non-hydrogen) atoms. The van der Waals surface area contributed by atoms with Crippen LogP contribution in [0.3, 0.4) is 0 Å². The Labute approximate surface area is 199 Å². The number of aromatic nitrogens is 3. The van der Waals surface area contributed by atoms with Gasteiger partial charge in [-0.25, -0.2) is 0 Å². The molecule has 1 aromatic heterocycles. The minimum Gasteiger partial charge on any atom is -0.454 e. The molecule has 178 valence electrons. The number of piperidine rings is 1. The quantitative estimate of drug-likeness (QED) is 0.711. The molecule has 0 aliphatic carbocycles. The minimum absolute atomic E-state index is 0.0807. The van der Waals surface area contributed by atoms with E-state index in [9.17, 15) is 4.79 Å². The van der Waals surface area contributed by atoms with Crippen LogP contribution >= 0.6 is 11.6 Å². The zero-order valence-corrected chi connectivity index (χ0v) is 20.0. The van der Waals surface area contributed by atoms with Gasteiger partial charge in [0.25, 0.3) is 0 Å². The smallest absolute Gasteiger partial charge is 0.231 e. The van der Waals surface area contributed by atoms with Crippen LogP contribution < -0.4 is 14.8 Å². The summed E-state index contributed by atoms with van der Waals surface area (Å²) >= 11 is 6.49. The molecule has 3 aliphatic rings. The highest BCUT2D eigenvalue weighted by atomic mass is 35.5. The fourth-order valence-electron chi connectivity index (χ4n) is 4.86. The van der Waals surface area contributed by atoms with Crippen molar-refractivity contribution in [3.05, 3.63) is 34.4 Å². The van der Waals surface area contributed by atoms with E-state index in [1.165, 1.54) is 0 Å². The fraction of sp³-hybridized carbons (Fsp3) is 0.609. The molecule has 0 saturated carbocycles. The second-order valence-electron chi connectivity index (χ2n) is 9.26. The maximum Gasteiger partial charge on any atom is 0.231 e. The first kappa shape index (κ1) is 22.4. The molecule has 2 aromatic rings. The van der Waals surface area contributed by atoms with Crippen molar-refractivity contribution in [2.24, 2.45) is 5.92 Å². The average Bonchev–Trinajstić information content (AvgIpc) is 3.37. The van der Waals surface area contributed by atoms with E-state index in [4.69, 9.17) is 21.1 Å². The third-order valence-corrected chi connectivity index (χ3v) is 7.27. The van der Waals surface area contributed by atoms with Crippen LogP contribution in [0.4, 0.5) is 0 Å². The average molecular weight is 475 g/mol. The first-order chi connectivity index (χ1) is 16.0. The number of ether oxygens (including phenoxy) is 2. The van der Waals surface area contributed by atoms with Crippen LogP contribution in [-0.4, -0.2) is 70.5 Å². The van der Waals surface area contributed by atoms with Gasteiger partial charge in [-0.15, -0.1) is 10.2 Å². The Morgan fingerprint density at radius 3 is 2.70 bits per heavy atom. The van der Waals surface area contributed by atoms with Crippen LogP contribution in [0.1, 0.15) is 43.0 Å². The number of carbonyl (C=O) groups excluding carboxylic acids is 1. The lowest BCUT2D eigenvalue weighted by Gasteiger charge is -2.29. The number of hydrogen-bond acceptors (Lipinski definition) is 7. The Kier molecular flexibility index (Phi) is 6.44. The molecule has 4 heterocycles. The van der Waals surface area contributed by atoms with Gasteiger partial charge < -0.3 is 24.3 Å². The van der Waals surface area contributed by atoms with Crippen molar-refractivity contribution in [1.29, 1.82) is 0 Å². The molecular formula is C23H31ClN6O3. The number of hydrogen-bond donors (Lipinski definition) is 1. The molecule has 1 amide bonds. The minimum atomic E-state index is -0.173. The zero-order valence-electron chi connectivity index (χ0n) is 19.2. The van der Waals surface area contributed by atoms with E-state index in [2.05, 4.69) is 36.9 Å². The van der Waals surface area contributed by atoms with E-state index < -0.39 is 0 Å². The molecular weight excluding hydrogens is 444 g/mol. The Morgan fingerprint density at radius 2 is 1.91 bits per heavy atom. The molecule has 1 N–H and O–H groups in total. The number of fused-ring (bicyclic) bond motifs is 2. The van der Waals surface area contributed by atoms with Crippen LogP contribution in [0.15, 0.2) is 12.1 Å². The summed E-state index contributed by atoms with van der Waals surface area (Å²) in [6.07, 6.45) is 2.61. The van der Waals surface area contributed by atoms with Gasteiger partial charge >= 0.3 is 0 Å².